The summed E-state index contributed by atoms with van der Waals surface area (Å²) in [5.41, 5.74) is -0.839. The molecule has 0 aliphatic carbocycles. The summed E-state index contributed by atoms with van der Waals surface area (Å²) in [5, 5.41) is 9.70. The van der Waals surface area contributed by atoms with Crippen LogP contribution in [0.4, 0.5) is 0 Å². The van der Waals surface area contributed by atoms with Gasteiger partial charge in [0.25, 0.3) is 0 Å². The molecule has 0 amide bonds. The van der Waals surface area contributed by atoms with Gasteiger partial charge >= 0.3 is 0 Å². The van der Waals surface area contributed by atoms with Crippen LogP contribution < -0.4 is 4.74 Å². The second-order valence-corrected chi connectivity index (χ2v) is 7.66. The van der Waals surface area contributed by atoms with Crippen molar-refractivity contribution in [1.29, 1.82) is 0 Å². The van der Waals surface area contributed by atoms with E-state index in [9.17, 15) is 13.5 Å². The van der Waals surface area contributed by atoms with Crippen LogP contribution in [0.1, 0.15) is 13.8 Å². The van der Waals surface area contributed by atoms with Crippen molar-refractivity contribution < 1.29 is 18.3 Å². The van der Waals surface area contributed by atoms with E-state index in [2.05, 4.69) is 0 Å². The summed E-state index contributed by atoms with van der Waals surface area (Å²) in [6.45, 7) is 4.17. The maximum absolute atomic E-state index is 12.2. The zero-order valence-corrected chi connectivity index (χ0v) is 13.3. The van der Waals surface area contributed by atoms with Crippen LogP contribution in [-0.4, -0.2) is 57.0 Å². The van der Waals surface area contributed by atoms with Gasteiger partial charge in [0.15, 0.2) is 9.84 Å². The summed E-state index contributed by atoms with van der Waals surface area (Å²) in [6, 6.07) is 6.45. The lowest BCUT2D eigenvalue weighted by atomic mass is 10.1. The van der Waals surface area contributed by atoms with Crippen molar-refractivity contribution in [3.8, 4) is 5.75 Å². The van der Waals surface area contributed by atoms with Crippen LogP contribution >= 0.6 is 0 Å². The Morgan fingerprint density at radius 1 is 1.35 bits per heavy atom. The van der Waals surface area contributed by atoms with E-state index in [0.29, 0.717) is 18.8 Å². The monoisotopic (exact) mass is 301 g/mol. The molecule has 0 saturated heterocycles. The summed E-state index contributed by atoms with van der Waals surface area (Å²) in [4.78, 5) is 2.06. The highest BCUT2D eigenvalue weighted by molar-refractivity contribution is 7.91. The first-order valence-electron chi connectivity index (χ1n) is 6.42. The van der Waals surface area contributed by atoms with E-state index in [4.69, 9.17) is 4.74 Å². The number of hydrogen-bond donors (Lipinski definition) is 1. The molecule has 0 unspecified atom stereocenters. The lowest BCUT2D eigenvalue weighted by Crippen LogP contribution is -2.38. The number of ether oxygens (including phenoxy) is 1. The maximum atomic E-state index is 12.2. The molecule has 1 aromatic carbocycles. The normalized spacial score (nSPS) is 12.7. The van der Waals surface area contributed by atoms with Gasteiger partial charge in [-0.2, -0.15) is 0 Å². The molecule has 0 radical (unpaired) electrons. The third-order valence-electron chi connectivity index (χ3n) is 2.80. The predicted octanol–water partition coefficient (Wildman–Crippen LogP) is 1.17. The summed E-state index contributed by atoms with van der Waals surface area (Å²) in [6.07, 6.45) is 0. The van der Waals surface area contributed by atoms with Crippen LogP contribution in [0.25, 0.3) is 0 Å². The Hall–Kier alpha value is -1.11. The fourth-order valence-electron chi connectivity index (χ4n) is 1.93. The number of rotatable bonds is 7. The van der Waals surface area contributed by atoms with E-state index in [-0.39, 0.29) is 10.6 Å². The lowest BCUT2D eigenvalue weighted by molar-refractivity contribution is 0.0463. The highest BCUT2D eigenvalue weighted by Crippen LogP contribution is 2.18. The molecule has 5 nitrogen and oxygen atoms in total. The van der Waals surface area contributed by atoms with Crippen LogP contribution in [0.2, 0.25) is 0 Å². The number of aliphatic hydroxyl groups is 1. The molecule has 0 spiro atoms. The highest BCUT2D eigenvalue weighted by atomic mass is 32.2. The first kappa shape index (κ1) is 16.9. The van der Waals surface area contributed by atoms with Gasteiger partial charge in [-0.05, 0) is 39.1 Å². The first-order chi connectivity index (χ1) is 9.14. The summed E-state index contributed by atoms with van der Waals surface area (Å²) in [5.74, 6) is 0.531. The molecule has 0 saturated carbocycles. The van der Waals surface area contributed by atoms with Crippen LogP contribution in [0.15, 0.2) is 29.2 Å². The van der Waals surface area contributed by atoms with Gasteiger partial charge in [-0.1, -0.05) is 6.07 Å². The molecule has 0 atom stereocenters. The zero-order valence-electron chi connectivity index (χ0n) is 12.5. The lowest BCUT2D eigenvalue weighted by Gasteiger charge is -2.25. The molecule has 0 heterocycles. The van der Waals surface area contributed by atoms with Gasteiger partial charge in [-0.15, -0.1) is 0 Å². The van der Waals surface area contributed by atoms with Crippen molar-refractivity contribution in [2.75, 3.05) is 33.0 Å². The van der Waals surface area contributed by atoms with Crippen LogP contribution in [-0.2, 0) is 9.84 Å². The Kier molecular flexibility index (Phi) is 5.56. The van der Waals surface area contributed by atoms with E-state index < -0.39 is 15.4 Å². The fraction of sp³-hybridized carbons (Fsp3) is 0.571. The molecule has 0 bridgehead atoms. The largest absolute Gasteiger partial charge is 0.497 e. The minimum atomic E-state index is -3.35. The molecule has 1 aromatic rings. The predicted molar refractivity (Wildman–Crippen MR) is 78.8 cm³/mol. The van der Waals surface area contributed by atoms with Crippen molar-refractivity contribution in [1.82, 2.24) is 4.90 Å². The molecule has 20 heavy (non-hydrogen) atoms. The summed E-state index contributed by atoms with van der Waals surface area (Å²) >= 11 is 0. The Balaban J connectivity index is 2.70. The van der Waals surface area contributed by atoms with Gasteiger partial charge in [0.2, 0.25) is 0 Å². The number of benzene rings is 1. The molecule has 0 fully saturated rings. The van der Waals surface area contributed by atoms with Crippen LogP contribution in [0.5, 0.6) is 5.75 Å². The van der Waals surface area contributed by atoms with Gasteiger partial charge in [0.05, 0.1) is 23.4 Å². The Morgan fingerprint density at radius 2 is 2.00 bits per heavy atom. The van der Waals surface area contributed by atoms with Crippen molar-refractivity contribution in [3.63, 3.8) is 0 Å². The van der Waals surface area contributed by atoms with Gasteiger partial charge in [-0.25, -0.2) is 8.42 Å². The second-order valence-electron chi connectivity index (χ2n) is 5.55. The molecule has 6 heteroatoms. The van der Waals surface area contributed by atoms with E-state index in [0.717, 1.165) is 0 Å². The van der Waals surface area contributed by atoms with E-state index in [1.807, 2.05) is 0 Å². The number of sulfone groups is 1. The highest BCUT2D eigenvalue weighted by Gasteiger charge is 2.19. The molecule has 0 aromatic heterocycles. The first-order valence-corrected chi connectivity index (χ1v) is 8.07. The molecule has 114 valence electrons. The van der Waals surface area contributed by atoms with Crippen molar-refractivity contribution in [2.45, 2.75) is 24.3 Å². The molecule has 1 rings (SSSR count). The number of nitrogens with zero attached hydrogens (tertiary/aromatic N) is 1. The zero-order chi connectivity index (χ0) is 15.4. The Bertz CT molecular complexity index is 534. The molecular weight excluding hydrogens is 278 g/mol. The molecular formula is C14H23NO4S. The van der Waals surface area contributed by atoms with Gasteiger partial charge in [0.1, 0.15) is 5.75 Å². The number of likely N-dealkylation sites (N-methyl/N-ethyl adjacent to an activating group) is 1. The van der Waals surface area contributed by atoms with Crippen LogP contribution in [0.3, 0.4) is 0 Å². The maximum Gasteiger partial charge on any atom is 0.179 e. The quantitative estimate of drug-likeness (QED) is 0.819. The van der Waals surface area contributed by atoms with Gasteiger partial charge in [0, 0.05) is 13.1 Å². The van der Waals surface area contributed by atoms with Crippen molar-refractivity contribution in [3.05, 3.63) is 24.3 Å². The van der Waals surface area contributed by atoms with Crippen molar-refractivity contribution >= 4 is 9.84 Å². The molecule has 0 aliphatic heterocycles. The summed E-state index contributed by atoms with van der Waals surface area (Å²) in [7, 11) is -0.0533. The number of methoxy groups -OCH3 is 1. The number of hydrogen-bond acceptors (Lipinski definition) is 5. The summed E-state index contributed by atoms with van der Waals surface area (Å²) < 4.78 is 29.5. The SMILES string of the molecule is COc1cccc(S(=O)(=O)CCN(C)CC(C)(C)O)c1. The minimum absolute atomic E-state index is 0.00669. The average molecular weight is 301 g/mol. The third-order valence-corrected chi connectivity index (χ3v) is 4.49. The average Bonchev–Trinajstić information content (AvgIpc) is 2.35. The van der Waals surface area contributed by atoms with E-state index in [1.165, 1.54) is 13.2 Å². The second kappa shape index (κ2) is 6.56. The standard InChI is InChI=1S/C14H23NO4S/c1-14(2,16)11-15(3)8-9-20(17,18)13-7-5-6-12(10-13)19-4/h5-7,10,16H,8-9,11H2,1-4H3. The molecule has 0 aliphatic rings. The smallest absolute Gasteiger partial charge is 0.179 e. The minimum Gasteiger partial charge on any atom is -0.497 e. The van der Waals surface area contributed by atoms with Gasteiger partial charge < -0.3 is 14.7 Å². The topological polar surface area (TPSA) is 66.8 Å². The van der Waals surface area contributed by atoms with Crippen molar-refractivity contribution in [2.24, 2.45) is 0 Å². The Labute approximate surface area is 121 Å². The Morgan fingerprint density at radius 3 is 2.55 bits per heavy atom. The van der Waals surface area contributed by atoms with E-state index in [1.54, 1.807) is 44.0 Å². The third kappa shape index (κ3) is 5.48. The van der Waals surface area contributed by atoms with E-state index >= 15 is 0 Å². The fourth-order valence-corrected chi connectivity index (χ4v) is 3.30. The van der Waals surface area contributed by atoms with Gasteiger partial charge in [-0.3, -0.25) is 0 Å². The molecule has 1 N–H and O–H groups in total. The van der Waals surface area contributed by atoms with Crippen LogP contribution in [0, 0.1) is 0 Å².